The van der Waals surface area contributed by atoms with Gasteiger partial charge in [0.25, 0.3) is 0 Å². The molecule has 1 N–H and O–H groups in total. The molecule has 1 saturated heterocycles. The predicted octanol–water partition coefficient (Wildman–Crippen LogP) is 4.64. The predicted molar refractivity (Wildman–Crippen MR) is 135 cm³/mol. The lowest BCUT2D eigenvalue weighted by Gasteiger charge is -2.29. The van der Waals surface area contributed by atoms with E-state index in [1.165, 1.54) is 33.8 Å². The molecule has 0 spiro atoms. The first-order valence-electron chi connectivity index (χ1n) is 11.2. The zero-order valence-electron chi connectivity index (χ0n) is 19.9. The van der Waals surface area contributed by atoms with E-state index in [1.54, 1.807) is 0 Å². The van der Waals surface area contributed by atoms with Crippen molar-refractivity contribution in [3.05, 3.63) is 82.4 Å². The van der Waals surface area contributed by atoms with E-state index in [0.717, 1.165) is 23.9 Å². The molecule has 32 heavy (non-hydrogen) atoms. The van der Waals surface area contributed by atoms with Crippen molar-refractivity contribution >= 4 is 17.3 Å². The minimum absolute atomic E-state index is 0.0118. The van der Waals surface area contributed by atoms with Crippen LogP contribution in [0.25, 0.3) is 5.69 Å². The van der Waals surface area contributed by atoms with Crippen LogP contribution >= 0.6 is 12.2 Å². The second-order valence-electron chi connectivity index (χ2n) is 9.03. The molecular formula is C26H33N5S. The number of para-hydroxylation sites is 1. The number of aryl methyl sites for hydroxylation is 3. The number of nitrogens with zero attached hydrogens (tertiary/aromatic N) is 4. The SMILES string of the molecule is Cc1cccc(C)c1-n1c(C)cc([C@H]2[C@H](c3ccccn3)NC(=S)N2CCN(C)C)c1C. The zero-order chi connectivity index (χ0) is 23.0. The van der Waals surface area contributed by atoms with Gasteiger partial charge in [0.2, 0.25) is 0 Å². The van der Waals surface area contributed by atoms with Crippen LogP contribution in [0.15, 0.2) is 48.7 Å². The highest BCUT2D eigenvalue weighted by Crippen LogP contribution is 2.41. The van der Waals surface area contributed by atoms with Crippen LogP contribution in [-0.4, -0.2) is 51.6 Å². The number of hydrogen-bond acceptors (Lipinski definition) is 3. The minimum Gasteiger partial charge on any atom is -0.352 e. The van der Waals surface area contributed by atoms with Crippen molar-refractivity contribution in [2.24, 2.45) is 0 Å². The van der Waals surface area contributed by atoms with Crippen molar-refractivity contribution in [3.63, 3.8) is 0 Å². The van der Waals surface area contributed by atoms with Gasteiger partial charge in [-0.3, -0.25) is 4.98 Å². The lowest BCUT2D eigenvalue weighted by molar-refractivity contribution is 0.277. The molecule has 3 heterocycles. The van der Waals surface area contributed by atoms with E-state index in [4.69, 9.17) is 12.2 Å². The highest BCUT2D eigenvalue weighted by Gasteiger charge is 2.41. The standard InChI is InChI=1S/C26H33N5S/c1-17-10-9-11-18(2)24(17)31-19(3)16-21(20(31)4)25-23(22-12-7-8-13-27-22)28-26(32)30(25)15-14-29(5)6/h7-13,16,23,25H,14-15H2,1-6H3,(H,28,32)/t23-,25-/m0/s1. The minimum atomic E-state index is 0.0118. The Bertz CT molecular complexity index is 1100. The first-order valence-corrected chi connectivity index (χ1v) is 11.6. The molecule has 3 aromatic rings. The highest BCUT2D eigenvalue weighted by molar-refractivity contribution is 7.80. The van der Waals surface area contributed by atoms with E-state index in [0.29, 0.717) is 0 Å². The largest absolute Gasteiger partial charge is 0.352 e. The van der Waals surface area contributed by atoms with Gasteiger partial charge in [-0.2, -0.15) is 0 Å². The van der Waals surface area contributed by atoms with Crippen LogP contribution in [0, 0.1) is 27.7 Å². The Labute approximate surface area is 197 Å². The molecule has 0 bridgehead atoms. The third-order valence-electron chi connectivity index (χ3n) is 6.44. The molecule has 0 saturated carbocycles. The summed E-state index contributed by atoms with van der Waals surface area (Å²) >= 11 is 5.83. The van der Waals surface area contributed by atoms with Crippen LogP contribution in [0.1, 0.15) is 45.9 Å². The van der Waals surface area contributed by atoms with Gasteiger partial charge in [-0.15, -0.1) is 0 Å². The normalized spacial score (nSPS) is 18.5. The summed E-state index contributed by atoms with van der Waals surface area (Å²) in [6, 6.07) is 15.0. The van der Waals surface area contributed by atoms with E-state index in [-0.39, 0.29) is 12.1 Å². The van der Waals surface area contributed by atoms with Gasteiger partial charge in [-0.25, -0.2) is 0 Å². The van der Waals surface area contributed by atoms with E-state index < -0.39 is 0 Å². The van der Waals surface area contributed by atoms with E-state index in [1.807, 2.05) is 18.3 Å². The molecule has 0 aliphatic carbocycles. The monoisotopic (exact) mass is 447 g/mol. The smallest absolute Gasteiger partial charge is 0.170 e. The van der Waals surface area contributed by atoms with Gasteiger partial charge in [0.1, 0.15) is 0 Å². The molecule has 2 atom stereocenters. The van der Waals surface area contributed by atoms with E-state index in [2.05, 4.69) is 96.8 Å². The van der Waals surface area contributed by atoms with E-state index >= 15 is 0 Å². The van der Waals surface area contributed by atoms with Crippen molar-refractivity contribution < 1.29 is 0 Å². The van der Waals surface area contributed by atoms with Crippen LogP contribution in [0.4, 0.5) is 0 Å². The summed E-state index contributed by atoms with van der Waals surface area (Å²) in [5.74, 6) is 0. The van der Waals surface area contributed by atoms with Crippen LogP contribution in [0.5, 0.6) is 0 Å². The Morgan fingerprint density at radius 3 is 2.38 bits per heavy atom. The fraction of sp³-hybridized carbons (Fsp3) is 0.385. The number of hydrogen-bond donors (Lipinski definition) is 1. The van der Waals surface area contributed by atoms with Crippen molar-refractivity contribution in [1.29, 1.82) is 0 Å². The summed E-state index contributed by atoms with van der Waals surface area (Å²) in [7, 11) is 4.20. The van der Waals surface area contributed by atoms with Gasteiger partial charge in [-0.05, 0) is 88.9 Å². The zero-order valence-corrected chi connectivity index (χ0v) is 20.7. The molecule has 0 unspecified atom stereocenters. The average molecular weight is 448 g/mol. The Balaban J connectivity index is 1.85. The maximum Gasteiger partial charge on any atom is 0.170 e. The molecule has 0 amide bonds. The number of pyridine rings is 1. The van der Waals surface area contributed by atoms with Crippen LogP contribution in [0.3, 0.4) is 0 Å². The van der Waals surface area contributed by atoms with Gasteiger partial charge in [0.15, 0.2) is 5.11 Å². The number of nitrogens with one attached hydrogen (secondary N) is 1. The van der Waals surface area contributed by atoms with Crippen LogP contribution < -0.4 is 5.32 Å². The highest BCUT2D eigenvalue weighted by atomic mass is 32.1. The Morgan fingerprint density at radius 1 is 1.03 bits per heavy atom. The fourth-order valence-corrected chi connectivity index (χ4v) is 5.21. The molecule has 5 nitrogen and oxygen atoms in total. The van der Waals surface area contributed by atoms with Crippen LogP contribution in [-0.2, 0) is 0 Å². The molecule has 2 aromatic heterocycles. The van der Waals surface area contributed by atoms with Gasteiger partial charge < -0.3 is 19.7 Å². The van der Waals surface area contributed by atoms with Crippen LogP contribution in [0.2, 0.25) is 0 Å². The molecule has 1 aliphatic heterocycles. The molecular weight excluding hydrogens is 414 g/mol. The molecule has 4 rings (SSSR count). The van der Waals surface area contributed by atoms with Gasteiger partial charge >= 0.3 is 0 Å². The summed E-state index contributed by atoms with van der Waals surface area (Å²) < 4.78 is 2.40. The van der Waals surface area contributed by atoms with Gasteiger partial charge in [-0.1, -0.05) is 24.3 Å². The third kappa shape index (κ3) is 4.05. The summed E-state index contributed by atoms with van der Waals surface area (Å²) in [5.41, 5.74) is 8.65. The first-order chi connectivity index (χ1) is 15.3. The maximum absolute atomic E-state index is 5.83. The van der Waals surface area contributed by atoms with Gasteiger partial charge in [0, 0.05) is 30.7 Å². The fourth-order valence-electron chi connectivity index (χ4n) is 4.88. The molecule has 1 aromatic carbocycles. The summed E-state index contributed by atoms with van der Waals surface area (Å²) in [5, 5.41) is 4.37. The lowest BCUT2D eigenvalue weighted by Crippen LogP contribution is -2.35. The molecule has 1 fully saturated rings. The second kappa shape index (κ2) is 9.04. The van der Waals surface area contributed by atoms with Crippen molar-refractivity contribution in [2.75, 3.05) is 27.2 Å². The molecule has 0 radical (unpaired) electrons. The lowest BCUT2D eigenvalue weighted by atomic mass is 9.96. The maximum atomic E-state index is 5.83. The number of thiocarbonyl (C=S) groups is 1. The Hall–Kier alpha value is -2.70. The summed E-state index contributed by atoms with van der Waals surface area (Å²) in [6.07, 6.45) is 1.86. The van der Waals surface area contributed by atoms with E-state index in [9.17, 15) is 0 Å². The molecule has 168 valence electrons. The quantitative estimate of drug-likeness (QED) is 0.557. The summed E-state index contributed by atoms with van der Waals surface area (Å²) in [4.78, 5) is 9.22. The Kier molecular flexibility index (Phi) is 6.35. The Morgan fingerprint density at radius 2 is 1.75 bits per heavy atom. The molecule has 6 heteroatoms. The number of aromatic nitrogens is 2. The first kappa shape index (κ1) is 22.5. The number of likely N-dealkylation sites (N-methyl/N-ethyl adjacent to an activating group) is 1. The number of benzene rings is 1. The third-order valence-corrected chi connectivity index (χ3v) is 6.79. The van der Waals surface area contributed by atoms with Crippen molar-refractivity contribution in [2.45, 2.75) is 39.8 Å². The second-order valence-corrected chi connectivity index (χ2v) is 9.41. The van der Waals surface area contributed by atoms with Gasteiger partial charge in [0.05, 0.1) is 23.5 Å². The van der Waals surface area contributed by atoms with Crippen molar-refractivity contribution in [1.82, 2.24) is 24.7 Å². The average Bonchev–Trinajstić information content (AvgIpc) is 3.23. The number of rotatable bonds is 6. The summed E-state index contributed by atoms with van der Waals surface area (Å²) in [6.45, 7) is 10.6. The van der Waals surface area contributed by atoms with Crippen molar-refractivity contribution in [3.8, 4) is 5.69 Å². The molecule has 1 aliphatic rings. The topological polar surface area (TPSA) is 36.3 Å².